The molecule has 1 heterocycles. The average molecular weight is 294 g/mol. The van der Waals surface area contributed by atoms with Crippen molar-refractivity contribution in [2.75, 3.05) is 0 Å². The van der Waals surface area contributed by atoms with Crippen LogP contribution in [0.25, 0.3) is 0 Å². The Kier molecular flexibility index (Phi) is 3.51. The van der Waals surface area contributed by atoms with Gasteiger partial charge in [-0.15, -0.1) is 0 Å². The largest absolute Gasteiger partial charge is 0.385 e. The molecule has 2 aromatic carbocycles. The molecule has 2 heteroatoms. The van der Waals surface area contributed by atoms with Crippen molar-refractivity contribution in [1.82, 2.24) is 0 Å². The lowest BCUT2D eigenvalue weighted by Crippen LogP contribution is -2.29. The van der Waals surface area contributed by atoms with E-state index >= 15 is 0 Å². The van der Waals surface area contributed by atoms with Gasteiger partial charge in [-0.25, -0.2) is 0 Å². The monoisotopic (exact) mass is 294 g/mol. The molecule has 4 rings (SSSR count). The summed E-state index contributed by atoms with van der Waals surface area (Å²) in [6.07, 6.45) is 4.99. The summed E-state index contributed by atoms with van der Waals surface area (Å²) in [5.74, 6) is 0. The number of ether oxygens (including phenoxy) is 1. The van der Waals surface area contributed by atoms with Crippen molar-refractivity contribution in [3.05, 3.63) is 71.3 Å². The highest BCUT2D eigenvalue weighted by Crippen LogP contribution is 2.54. The lowest BCUT2D eigenvalue weighted by Gasteiger charge is -2.35. The Morgan fingerprint density at radius 1 is 0.909 bits per heavy atom. The van der Waals surface area contributed by atoms with Gasteiger partial charge >= 0.3 is 0 Å². The Bertz CT molecular complexity index is 644. The normalized spacial score (nSPS) is 24.1. The van der Waals surface area contributed by atoms with Crippen LogP contribution in [0.15, 0.2) is 54.6 Å². The van der Waals surface area contributed by atoms with Crippen molar-refractivity contribution in [3.8, 4) is 0 Å². The summed E-state index contributed by atoms with van der Waals surface area (Å²) in [7, 11) is 0. The van der Waals surface area contributed by atoms with Crippen molar-refractivity contribution >= 4 is 0 Å². The predicted octanol–water partition coefficient (Wildman–Crippen LogP) is 4.65. The molecule has 2 atom stereocenters. The minimum Gasteiger partial charge on any atom is -0.385 e. The van der Waals surface area contributed by atoms with E-state index in [4.69, 9.17) is 4.74 Å². The van der Waals surface area contributed by atoms with E-state index in [0.29, 0.717) is 0 Å². The van der Waals surface area contributed by atoms with E-state index in [1.165, 1.54) is 30.4 Å². The van der Waals surface area contributed by atoms with E-state index in [1.807, 2.05) is 30.3 Å². The zero-order valence-corrected chi connectivity index (χ0v) is 12.7. The van der Waals surface area contributed by atoms with E-state index < -0.39 is 6.10 Å². The molecule has 0 saturated heterocycles. The maximum absolute atomic E-state index is 10.9. The van der Waals surface area contributed by atoms with Gasteiger partial charge in [0.05, 0.1) is 5.60 Å². The summed E-state index contributed by atoms with van der Waals surface area (Å²) < 4.78 is 6.53. The van der Waals surface area contributed by atoms with Gasteiger partial charge in [0.1, 0.15) is 12.2 Å². The van der Waals surface area contributed by atoms with Crippen LogP contribution < -0.4 is 0 Å². The minimum absolute atomic E-state index is 0.171. The fraction of sp³-hybridized carbons (Fsp3) is 0.400. The molecule has 0 radical (unpaired) electrons. The standard InChI is InChI=1S/C20H22O2/c21-18(15-9-3-1-4-10-15)19-16-11-5-6-12-17(16)20(22-19)13-7-2-8-14-20/h1,3-6,9-12,18-19,21H,2,7-8,13-14H2/t18-,19+/m1/s1. The predicted molar refractivity (Wildman–Crippen MR) is 86.4 cm³/mol. The molecule has 2 nitrogen and oxygen atoms in total. The lowest BCUT2D eigenvalue weighted by molar-refractivity contribution is -0.137. The van der Waals surface area contributed by atoms with Crippen LogP contribution in [0.1, 0.15) is 61.0 Å². The number of aliphatic hydroxyl groups excluding tert-OH is 1. The molecular weight excluding hydrogens is 272 g/mol. The van der Waals surface area contributed by atoms with E-state index in [-0.39, 0.29) is 11.7 Å². The summed E-state index contributed by atoms with van der Waals surface area (Å²) >= 11 is 0. The Morgan fingerprint density at radius 3 is 2.36 bits per heavy atom. The quantitative estimate of drug-likeness (QED) is 0.873. The molecule has 1 N–H and O–H groups in total. The van der Waals surface area contributed by atoms with Crippen LogP contribution in [-0.4, -0.2) is 5.11 Å². The molecule has 1 fully saturated rings. The summed E-state index contributed by atoms with van der Waals surface area (Å²) in [6.45, 7) is 0. The van der Waals surface area contributed by atoms with Gasteiger partial charge in [0.25, 0.3) is 0 Å². The molecule has 1 spiro atoms. The highest BCUT2D eigenvalue weighted by Gasteiger charge is 2.47. The summed E-state index contributed by atoms with van der Waals surface area (Å²) in [5.41, 5.74) is 3.22. The minimum atomic E-state index is -0.608. The zero-order chi connectivity index (χ0) is 15.0. The van der Waals surface area contributed by atoms with Gasteiger partial charge in [-0.2, -0.15) is 0 Å². The van der Waals surface area contributed by atoms with E-state index in [2.05, 4.69) is 24.3 Å². The van der Waals surface area contributed by atoms with Crippen molar-refractivity contribution in [3.63, 3.8) is 0 Å². The van der Waals surface area contributed by atoms with Crippen molar-refractivity contribution in [1.29, 1.82) is 0 Å². The lowest BCUT2D eigenvalue weighted by atomic mass is 9.79. The van der Waals surface area contributed by atoms with Crippen molar-refractivity contribution in [2.45, 2.75) is 49.9 Å². The van der Waals surface area contributed by atoms with Crippen molar-refractivity contribution in [2.24, 2.45) is 0 Å². The Balaban J connectivity index is 1.73. The molecule has 2 aromatic rings. The van der Waals surface area contributed by atoms with Gasteiger partial charge in [0, 0.05) is 0 Å². The highest BCUT2D eigenvalue weighted by atomic mass is 16.5. The van der Waals surface area contributed by atoms with Gasteiger partial charge in [0.2, 0.25) is 0 Å². The second kappa shape index (κ2) is 5.53. The fourth-order valence-corrected chi connectivity index (χ4v) is 4.10. The third-order valence-electron chi connectivity index (χ3n) is 5.20. The molecule has 1 saturated carbocycles. The summed E-state index contributed by atoms with van der Waals surface area (Å²) in [5, 5.41) is 10.9. The summed E-state index contributed by atoms with van der Waals surface area (Å²) in [4.78, 5) is 0. The second-order valence-corrected chi connectivity index (χ2v) is 6.54. The molecule has 0 amide bonds. The molecule has 1 aliphatic carbocycles. The maximum atomic E-state index is 10.9. The van der Waals surface area contributed by atoms with Crippen LogP contribution in [0.5, 0.6) is 0 Å². The van der Waals surface area contributed by atoms with Crippen molar-refractivity contribution < 1.29 is 9.84 Å². The highest BCUT2D eigenvalue weighted by molar-refractivity contribution is 5.40. The molecule has 22 heavy (non-hydrogen) atoms. The van der Waals surface area contributed by atoms with E-state index in [0.717, 1.165) is 18.4 Å². The van der Waals surface area contributed by atoms with Crippen LogP contribution in [-0.2, 0) is 10.3 Å². The maximum Gasteiger partial charge on any atom is 0.114 e. The molecule has 1 aliphatic heterocycles. The zero-order valence-electron chi connectivity index (χ0n) is 12.7. The Hall–Kier alpha value is -1.64. The first kappa shape index (κ1) is 14.0. The Morgan fingerprint density at radius 2 is 1.59 bits per heavy atom. The molecule has 0 unspecified atom stereocenters. The fourth-order valence-electron chi connectivity index (χ4n) is 4.10. The molecule has 0 aromatic heterocycles. The van der Waals surface area contributed by atoms with Crippen LogP contribution in [0.4, 0.5) is 0 Å². The number of aliphatic hydroxyl groups is 1. The molecular formula is C20H22O2. The molecule has 2 aliphatic rings. The summed E-state index contributed by atoms with van der Waals surface area (Å²) in [6, 6.07) is 18.3. The number of rotatable bonds is 2. The second-order valence-electron chi connectivity index (χ2n) is 6.54. The number of hydrogen-bond donors (Lipinski definition) is 1. The van der Waals surface area contributed by atoms with Gasteiger partial charge in [-0.1, -0.05) is 73.9 Å². The van der Waals surface area contributed by atoms with E-state index in [9.17, 15) is 5.11 Å². The van der Waals surface area contributed by atoms with Crippen LogP contribution in [0.3, 0.4) is 0 Å². The van der Waals surface area contributed by atoms with Crippen LogP contribution in [0.2, 0.25) is 0 Å². The van der Waals surface area contributed by atoms with Gasteiger partial charge in [-0.05, 0) is 29.5 Å². The molecule has 114 valence electrons. The third kappa shape index (κ3) is 2.18. The van der Waals surface area contributed by atoms with Gasteiger partial charge in [0.15, 0.2) is 0 Å². The smallest absolute Gasteiger partial charge is 0.114 e. The molecule has 0 bridgehead atoms. The Labute approximate surface area is 131 Å². The van der Waals surface area contributed by atoms with Crippen LogP contribution in [0, 0.1) is 0 Å². The third-order valence-corrected chi connectivity index (χ3v) is 5.20. The topological polar surface area (TPSA) is 29.5 Å². The first-order valence-corrected chi connectivity index (χ1v) is 8.30. The number of fused-ring (bicyclic) bond motifs is 2. The first-order chi connectivity index (χ1) is 10.8. The van der Waals surface area contributed by atoms with Gasteiger partial charge < -0.3 is 9.84 Å². The average Bonchev–Trinajstić information content (AvgIpc) is 2.90. The van der Waals surface area contributed by atoms with E-state index in [1.54, 1.807) is 0 Å². The number of hydrogen-bond acceptors (Lipinski definition) is 2. The van der Waals surface area contributed by atoms with Gasteiger partial charge in [-0.3, -0.25) is 0 Å². The number of benzene rings is 2. The van der Waals surface area contributed by atoms with Crippen LogP contribution >= 0.6 is 0 Å². The first-order valence-electron chi connectivity index (χ1n) is 8.30. The SMILES string of the molecule is O[C@H](c1ccccc1)[C@H]1OC2(CCCCC2)c2ccccc21.